The van der Waals surface area contributed by atoms with Crippen LogP contribution in [0.15, 0.2) is 18.2 Å². The Morgan fingerprint density at radius 2 is 2.16 bits per heavy atom. The van der Waals surface area contributed by atoms with Gasteiger partial charge >= 0.3 is 5.97 Å². The number of aliphatic carboxylic acids is 1. The van der Waals surface area contributed by atoms with E-state index >= 15 is 0 Å². The lowest BCUT2D eigenvalue weighted by molar-refractivity contribution is -0.137. The predicted octanol–water partition coefficient (Wildman–Crippen LogP) is 2.54. The van der Waals surface area contributed by atoms with Gasteiger partial charge in [0.2, 0.25) is 5.91 Å². The highest BCUT2D eigenvalue weighted by Gasteiger charge is 2.35. The van der Waals surface area contributed by atoms with Gasteiger partial charge in [-0.3, -0.25) is 9.59 Å². The minimum absolute atomic E-state index is 0.0471. The summed E-state index contributed by atoms with van der Waals surface area (Å²) < 4.78 is 0. The van der Waals surface area contributed by atoms with Crippen LogP contribution >= 0.6 is 0 Å². The maximum absolute atomic E-state index is 11.4. The van der Waals surface area contributed by atoms with Crippen LogP contribution in [-0.4, -0.2) is 17.0 Å². The molecule has 2 aliphatic rings. The quantitative estimate of drug-likeness (QED) is 0.873. The molecular weight excluding hydrogens is 242 g/mol. The molecule has 0 spiro atoms. The van der Waals surface area contributed by atoms with Gasteiger partial charge in [-0.1, -0.05) is 12.1 Å². The van der Waals surface area contributed by atoms with E-state index in [1.807, 2.05) is 18.2 Å². The molecule has 1 amide bonds. The van der Waals surface area contributed by atoms with Crippen LogP contribution in [0.5, 0.6) is 0 Å². The van der Waals surface area contributed by atoms with Gasteiger partial charge in [-0.25, -0.2) is 0 Å². The predicted molar refractivity (Wildman–Crippen MR) is 71.1 cm³/mol. The highest BCUT2D eigenvalue weighted by molar-refractivity contribution is 5.94. The molecule has 1 fully saturated rings. The summed E-state index contributed by atoms with van der Waals surface area (Å²) in [6.07, 6.45) is 3.64. The van der Waals surface area contributed by atoms with Gasteiger partial charge in [-0.2, -0.15) is 0 Å². The molecular formula is C15H17NO3. The molecule has 0 bridgehead atoms. The molecule has 1 aromatic carbocycles. The first-order chi connectivity index (χ1) is 9.15. The van der Waals surface area contributed by atoms with Gasteiger partial charge in [-0.05, 0) is 48.3 Å². The first-order valence-electron chi connectivity index (χ1n) is 6.78. The number of fused-ring (bicyclic) bond motifs is 1. The Morgan fingerprint density at radius 3 is 2.84 bits per heavy atom. The van der Waals surface area contributed by atoms with Crippen LogP contribution in [0.1, 0.15) is 42.7 Å². The fourth-order valence-corrected chi connectivity index (χ4v) is 3.02. The Hall–Kier alpha value is -1.84. The molecule has 0 aromatic heterocycles. The second-order valence-electron chi connectivity index (χ2n) is 5.46. The third-order valence-corrected chi connectivity index (χ3v) is 4.07. The second-order valence-corrected chi connectivity index (χ2v) is 5.46. The van der Waals surface area contributed by atoms with E-state index in [0.29, 0.717) is 12.3 Å². The monoisotopic (exact) mass is 259 g/mol. The van der Waals surface area contributed by atoms with Gasteiger partial charge in [-0.15, -0.1) is 0 Å². The maximum Gasteiger partial charge on any atom is 0.303 e. The number of carboxylic acids is 1. The highest BCUT2D eigenvalue weighted by Crippen LogP contribution is 2.46. The average Bonchev–Trinajstić information content (AvgIpc) is 3.19. The third kappa shape index (κ3) is 2.48. The van der Waals surface area contributed by atoms with Crippen molar-refractivity contribution in [3.05, 3.63) is 29.3 Å². The number of hydrogen-bond acceptors (Lipinski definition) is 2. The lowest BCUT2D eigenvalue weighted by Gasteiger charge is -2.24. The van der Waals surface area contributed by atoms with Crippen molar-refractivity contribution in [2.45, 2.75) is 38.0 Å². The first kappa shape index (κ1) is 12.2. The van der Waals surface area contributed by atoms with Crippen LogP contribution < -0.4 is 5.32 Å². The van der Waals surface area contributed by atoms with Crippen LogP contribution in [0.2, 0.25) is 0 Å². The number of carboxylic acid groups (broad SMARTS) is 1. The number of amides is 1. The summed E-state index contributed by atoms with van der Waals surface area (Å²) in [6, 6.07) is 5.85. The van der Waals surface area contributed by atoms with E-state index in [1.165, 1.54) is 0 Å². The Morgan fingerprint density at radius 1 is 1.37 bits per heavy atom. The van der Waals surface area contributed by atoms with Crippen LogP contribution in [0.3, 0.4) is 0 Å². The van der Waals surface area contributed by atoms with E-state index in [0.717, 1.165) is 36.1 Å². The molecule has 1 saturated carbocycles. The minimum Gasteiger partial charge on any atom is -0.481 e. The van der Waals surface area contributed by atoms with Crippen molar-refractivity contribution >= 4 is 17.6 Å². The van der Waals surface area contributed by atoms with Crippen LogP contribution in [-0.2, 0) is 16.0 Å². The van der Waals surface area contributed by atoms with E-state index in [2.05, 4.69) is 5.32 Å². The van der Waals surface area contributed by atoms with E-state index < -0.39 is 5.97 Å². The molecule has 1 heterocycles. The van der Waals surface area contributed by atoms with Crippen molar-refractivity contribution in [1.82, 2.24) is 0 Å². The van der Waals surface area contributed by atoms with E-state index in [4.69, 9.17) is 5.11 Å². The first-order valence-corrected chi connectivity index (χ1v) is 6.78. The van der Waals surface area contributed by atoms with Crippen molar-refractivity contribution in [2.75, 3.05) is 5.32 Å². The molecule has 3 rings (SSSR count). The molecule has 4 heteroatoms. The molecule has 1 aliphatic heterocycles. The van der Waals surface area contributed by atoms with Gasteiger partial charge in [0.05, 0.1) is 6.42 Å². The molecule has 1 aliphatic carbocycles. The second kappa shape index (κ2) is 4.68. The summed E-state index contributed by atoms with van der Waals surface area (Å²) in [5.74, 6) is -0.0946. The SMILES string of the molecule is O=C(O)CC(c1cccc2c1CCC(=O)N2)C1CC1. The largest absolute Gasteiger partial charge is 0.481 e. The standard InChI is InChI=1S/C15H17NO3/c17-14-7-6-11-10(2-1-3-13(11)16-14)12(8-15(18)19)9-4-5-9/h1-3,9,12H,4-8H2,(H,16,17)(H,18,19). The lowest BCUT2D eigenvalue weighted by atomic mass is 9.84. The van der Waals surface area contributed by atoms with Crippen molar-refractivity contribution in [2.24, 2.45) is 5.92 Å². The van der Waals surface area contributed by atoms with Gasteiger partial charge in [0.1, 0.15) is 0 Å². The maximum atomic E-state index is 11.4. The fourth-order valence-electron chi connectivity index (χ4n) is 3.02. The van der Waals surface area contributed by atoms with Crippen molar-refractivity contribution in [3.63, 3.8) is 0 Å². The van der Waals surface area contributed by atoms with Gasteiger partial charge in [0.25, 0.3) is 0 Å². The number of hydrogen-bond donors (Lipinski definition) is 2. The zero-order chi connectivity index (χ0) is 13.4. The summed E-state index contributed by atoms with van der Waals surface area (Å²) in [5, 5.41) is 12.0. The molecule has 1 unspecified atom stereocenters. The summed E-state index contributed by atoms with van der Waals surface area (Å²) in [4.78, 5) is 22.5. The fraction of sp³-hybridized carbons (Fsp3) is 0.467. The van der Waals surface area contributed by atoms with Crippen LogP contribution in [0.4, 0.5) is 5.69 Å². The summed E-state index contributed by atoms with van der Waals surface area (Å²) >= 11 is 0. The molecule has 100 valence electrons. The van der Waals surface area contributed by atoms with Gasteiger partial charge in [0.15, 0.2) is 0 Å². The summed E-state index contributed by atoms with van der Waals surface area (Å²) in [7, 11) is 0. The van der Waals surface area contributed by atoms with E-state index in [-0.39, 0.29) is 18.2 Å². The zero-order valence-corrected chi connectivity index (χ0v) is 10.7. The number of carbonyl (C=O) groups is 2. The number of benzene rings is 1. The van der Waals surface area contributed by atoms with Crippen LogP contribution in [0.25, 0.3) is 0 Å². The molecule has 1 atom stereocenters. The average molecular weight is 259 g/mol. The number of rotatable bonds is 4. The molecule has 2 N–H and O–H groups in total. The van der Waals surface area contributed by atoms with E-state index in [1.54, 1.807) is 0 Å². The lowest BCUT2D eigenvalue weighted by Crippen LogP contribution is -2.21. The molecule has 0 saturated heterocycles. The smallest absolute Gasteiger partial charge is 0.303 e. The Labute approximate surface area is 111 Å². The van der Waals surface area contributed by atoms with Crippen LogP contribution in [0, 0.1) is 5.92 Å². The zero-order valence-electron chi connectivity index (χ0n) is 10.7. The Balaban J connectivity index is 1.96. The normalized spacial score (nSPS) is 19.5. The van der Waals surface area contributed by atoms with Crippen molar-refractivity contribution in [3.8, 4) is 0 Å². The Kier molecular flexibility index (Phi) is 3.01. The molecule has 0 radical (unpaired) electrons. The van der Waals surface area contributed by atoms with Gasteiger partial charge in [0, 0.05) is 12.1 Å². The van der Waals surface area contributed by atoms with Crippen molar-refractivity contribution in [1.29, 1.82) is 0 Å². The molecule has 19 heavy (non-hydrogen) atoms. The minimum atomic E-state index is -0.741. The van der Waals surface area contributed by atoms with E-state index in [9.17, 15) is 9.59 Å². The topological polar surface area (TPSA) is 66.4 Å². The number of nitrogens with one attached hydrogen (secondary N) is 1. The third-order valence-electron chi connectivity index (χ3n) is 4.07. The summed E-state index contributed by atoms with van der Waals surface area (Å²) in [6.45, 7) is 0. The highest BCUT2D eigenvalue weighted by atomic mass is 16.4. The van der Waals surface area contributed by atoms with Gasteiger partial charge < -0.3 is 10.4 Å². The van der Waals surface area contributed by atoms with Crippen molar-refractivity contribution < 1.29 is 14.7 Å². The number of anilines is 1. The molecule has 4 nitrogen and oxygen atoms in total. The Bertz CT molecular complexity index is 534. The summed E-state index contributed by atoms with van der Waals surface area (Å²) in [5.41, 5.74) is 3.13. The number of carbonyl (C=O) groups excluding carboxylic acids is 1. The molecule has 1 aromatic rings.